The van der Waals surface area contributed by atoms with Crippen molar-refractivity contribution in [3.05, 3.63) is 69.5 Å². The minimum absolute atomic E-state index is 0.322. The molecule has 1 unspecified atom stereocenters. The van der Waals surface area contributed by atoms with E-state index in [9.17, 15) is 0 Å². The summed E-state index contributed by atoms with van der Waals surface area (Å²) in [4.78, 5) is 1.39. The smallest absolute Gasteiger partial charge is 0.0391 e. The van der Waals surface area contributed by atoms with E-state index < -0.39 is 0 Å². The van der Waals surface area contributed by atoms with E-state index in [1.165, 1.54) is 20.5 Å². The van der Waals surface area contributed by atoms with Gasteiger partial charge in [0.05, 0.1) is 0 Å². The maximum atomic E-state index is 3.69. The van der Waals surface area contributed by atoms with Gasteiger partial charge < -0.3 is 5.32 Å². The molecule has 0 bridgehead atoms. The Morgan fingerprint density at radius 1 is 0.952 bits per heavy atom. The molecule has 2 aromatic carbocycles. The van der Waals surface area contributed by atoms with Gasteiger partial charge >= 0.3 is 0 Å². The van der Waals surface area contributed by atoms with Crippen LogP contribution in [0.5, 0.6) is 0 Å². The zero-order valence-corrected chi connectivity index (χ0v) is 14.5. The predicted molar refractivity (Wildman–Crippen MR) is 95.9 cm³/mol. The van der Waals surface area contributed by atoms with Crippen molar-refractivity contribution in [2.24, 2.45) is 0 Å². The van der Waals surface area contributed by atoms with E-state index >= 15 is 0 Å². The lowest BCUT2D eigenvalue weighted by atomic mass is 10.1. The molecule has 0 aliphatic rings. The van der Waals surface area contributed by atoms with Crippen molar-refractivity contribution < 1.29 is 0 Å². The summed E-state index contributed by atoms with van der Waals surface area (Å²) in [6.07, 6.45) is 0. The largest absolute Gasteiger partial charge is 0.303 e. The number of benzene rings is 2. The fourth-order valence-electron chi connectivity index (χ4n) is 2.55. The molecule has 0 saturated heterocycles. The second-order valence-electron chi connectivity index (χ2n) is 5.35. The Balaban J connectivity index is 1.77. The summed E-state index contributed by atoms with van der Waals surface area (Å²) in [5, 5.41) is 5.02. The van der Waals surface area contributed by atoms with Crippen LogP contribution in [-0.4, -0.2) is 0 Å². The summed E-state index contributed by atoms with van der Waals surface area (Å²) in [5.41, 5.74) is 1.30. The van der Waals surface area contributed by atoms with E-state index in [-0.39, 0.29) is 0 Å². The van der Waals surface area contributed by atoms with Gasteiger partial charge in [-0.1, -0.05) is 46.3 Å². The van der Waals surface area contributed by atoms with Gasteiger partial charge in [0.2, 0.25) is 0 Å². The third kappa shape index (κ3) is 3.37. The molecule has 0 saturated carbocycles. The van der Waals surface area contributed by atoms with Gasteiger partial charge in [0.1, 0.15) is 0 Å². The summed E-state index contributed by atoms with van der Waals surface area (Å²) in [7, 11) is 0. The molecule has 0 spiro atoms. The highest BCUT2D eigenvalue weighted by Crippen LogP contribution is 2.31. The lowest BCUT2D eigenvalue weighted by Crippen LogP contribution is -2.21. The molecule has 1 aromatic heterocycles. The molecular formula is C18H18BrNS. The van der Waals surface area contributed by atoms with Gasteiger partial charge in [0, 0.05) is 26.1 Å². The molecule has 3 aromatic rings. The van der Waals surface area contributed by atoms with Crippen LogP contribution in [0.1, 0.15) is 36.4 Å². The first-order chi connectivity index (χ1) is 10.1. The summed E-state index contributed by atoms with van der Waals surface area (Å²) in [6, 6.07) is 20.0. The molecule has 21 heavy (non-hydrogen) atoms. The predicted octanol–water partition coefficient (Wildman–Crippen LogP) is 6.08. The summed E-state index contributed by atoms with van der Waals surface area (Å²) in [6.45, 7) is 4.45. The number of hydrogen-bond acceptors (Lipinski definition) is 2. The Hall–Kier alpha value is -1.16. The average molecular weight is 360 g/mol. The minimum atomic E-state index is 0.322. The lowest BCUT2D eigenvalue weighted by molar-refractivity contribution is 0.500. The highest BCUT2D eigenvalue weighted by Gasteiger charge is 2.13. The molecule has 1 heterocycles. The first-order valence-electron chi connectivity index (χ1n) is 7.13. The fourth-order valence-corrected chi connectivity index (χ4v) is 4.04. The molecule has 1 N–H and O–H groups in total. The third-order valence-electron chi connectivity index (χ3n) is 3.72. The van der Waals surface area contributed by atoms with Crippen molar-refractivity contribution in [2.75, 3.05) is 0 Å². The Kier molecular flexibility index (Phi) is 4.43. The van der Waals surface area contributed by atoms with Gasteiger partial charge in [-0.3, -0.25) is 0 Å². The van der Waals surface area contributed by atoms with Crippen LogP contribution in [0, 0.1) is 0 Å². The first-order valence-corrected chi connectivity index (χ1v) is 8.74. The number of hydrogen-bond donors (Lipinski definition) is 1. The molecule has 3 heteroatoms. The Labute approximate surface area is 138 Å². The van der Waals surface area contributed by atoms with Crippen LogP contribution in [0.2, 0.25) is 0 Å². The highest BCUT2D eigenvalue weighted by molar-refractivity contribution is 9.10. The summed E-state index contributed by atoms with van der Waals surface area (Å²) < 4.78 is 2.49. The van der Waals surface area contributed by atoms with E-state index in [0.717, 1.165) is 4.47 Å². The molecule has 0 aliphatic heterocycles. The minimum Gasteiger partial charge on any atom is -0.303 e. The van der Waals surface area contributed by atoms with Gasteiger partial charge in [0.25, 0.3) is 0 Å². The van der Waals surface area contributed by atoms with Crippen LogP contribution >= 0.6 is 27.3 Å². The van der Waals surface area contributed by atoms with Crippen LogP contribution in [0.25, 0.3) is 10.1 Å². The molecular weight excluding hydrogens is 342 g/mol. The maximum absolute atomic E-state index is 3.69. The Bertz CT molecular complexity index is 717. The van der Waals surface area contributed by atoms with Crippen LogP contribution < -0.4 is 5.32 Å². The standard InChI is InChI=1S/C18H18BrNS/c1-12(14-7-5-8-16(19)10-14)20-13(2)18-11-15-6-3-4-9-17(15)21-18/h3-13,20H,1-2H3/t12-,13?/m1/s1. The van der Waals surface area contributed by atoms with Gasteiger partial charge in [-0.05, 0) is 49.1 Å². The van der Waals surface area contributed by atoms with Gasteiger partial charge in [-0.2, -0.15) is 0 Å². The Morgan fingerprint density at radius 3 is 2.52 bits per heavy atom. The number of halogens is 1. The number of nitrogens with one attached hydrogen (secondary N) is 1. The van der Waals surface area contributed by atoms with Crippen molar-refractivity contribution >= 4 is 37.4 Å². The van der Waals surface area contributed by atoms with Crippen molar-refractivity contribution in [2.45, 2.75) is 25.9 Å². The zero-order chi connectivity index (χ0) is 14.8. The second kappa shape index (κ2) is 6.30. The van der Waals surface area contributed by atoms with Gasteiger partial charge in [-0.15, -0.1) is 11.3 Å². The number of rotatable bonds is 4. The van der Waals surface area contributed by atoms with E-state index in [0.29, 0.717) is 12.1 Å². The molecule has 0 radical (unpaired) electrons. The van der Waals surface area contributed by atoms with Crippen LogP contribution in [-0.2, 0) is 0 Å². The van der Waals surface area contributed by atoms with Crippen molar-refractivity contribution in [1.82, 2.24) is 5.32 Å². The van der Waals surface area contributed by atoms with E-state index in [1.54, 1.807) is 0 Å². The summed E-state index contributed by atoms with van der Waals surface area (Å²) >= 11 is 5.41. The number of fused-ring (bicyclic) bond motifs is 1. The monoisotopic (exact) mass is 359 g/mol. The van der Waals surface area contributed by atoms with Crippen molar-refractivity contribution in [3.63, 3.8) is 0 Å². The number of thiophene rings is 1. The second-order valence-corrected chi connectivity index (χ2v) is 7.38. The third-order valence-corrected chi connectivity index (χ3v) is 5.51. The normalized spacial score (nSPS) is 14.2. The maximum Gasteiger partial charge on any atom is 0.0391 e. The summed E-state index contributed by atoms with van der Waals surface area (Å²) in [5.74, 6) is 0. The zero-order valence-electron chi connectivity index (χ0n) is 12.1. The fraction of sp³-hybridized carbons (Fsp3) is 0.222. The molecule has 3 rings (SSSR count). The Morgan fingerprint density at radius 2 is 1.76 bits per heavy atom. The first kappa shape index (κ1) is 14.8. The quantitative estimate of drug-likeness (QED) is 0.595. The molecule has 0 amide bonds. The topological polar surface area (TPSA) is 12.0 Å². The molecule has 0 fully saturated rings. The molecule has 1 nitrogen and oxygen atoms in total. The van der Waals surface area contributed by atoms with E-state index in [2.05, 4.69) is 89.7 Å². The van der Waals surface area contributed by atoms with Crippen molar-refractivity contribution in [3.8, 4) is 0 Å². The molecule has 108 valence electrons. The van der Waals surface area contributed by atoms with E-state index in [1.807, 2.05) is 11.3 Å². The van der Waals surface area contributed by atoms with Gasteiger partial charge in [0.15, 0.2) is 0 Å². The van der Waals surface area contributed by atoms with Crippen LogP contribution in [0.15, 0.2) is 59.1 Å². The van der Waals surface area contributed by atoms with Crippen LogP contribution in [0.4, 0.5) is 0 Å². The average Bonchev–Trinajstić information content (AvgIpc) is 2.91. The van der Waals surface area contributed by atoms with Gasteiger partial charge in [-0.25, -0.2) is 0 Å². The van der Waals surface area contributed by atoms with Crippen molar-refractivity contribution in [1.29, 1.82) is 0 Å². The molecule has 0 aliphatic carbocycles. The SMILES string of the molecule is CC(N[C@H](C)c1cccc(Br)c1)c1cc2ccccc2s1. The highest BCUT2D eigenvalue weighted by atomic mass is 79.9. The molecule has 2 atom stereocenters. The van der Waals surface area contributed by atoms with Crippen LogP contribution in [0.3, 0.4) is 0 Å². The van der Waals surface area contributed by atoms with E-state index in [4.69, 9.17) is 0 Å². The lowest BCUT2D eigenvalue weighted by Gasteiger charge is -2.19.